The third-order valence-electron chi connectivity index (χ3n) is 2.95. The summed E-state index contributed by atoms with van der Waals surface area (Å²) in [5.41, 5.74) is 6.90. The first-order valence-electron chi connectivity index (χ1n) is 6.50. The van der Waals surface area contributed by atoms with Gasteiger partial charge in [0.15, 0.2) is 0 Å². The Labute approximate surface area is 104 Å². The average molecular weight is 236 g/mol. The van der Waals surface area contributed by atoms with Crippen molar-refractivity contribution >= 4 is 0 Å². The highest BCUT2D eigenvalue weighted by Gasteiger charge is 2.07. The Morgan fingerprint density at radius 1 is 1.18 bits per heavy atom. The van der Waals surface area contributed by atoms with Crippen LogP contribution in [-0.4, -0.2) is 18.2 Å². The molecule has 1 atom stereocenters. The van der Waals surface area contributed by atoms with E-state index in [-0.39, 0.29) is 6.04 Å². The smallest absolute Gasteiger partial charge is 0.115 e. The summed E-state index contributed by atoms with van der Waals surface area (Å²) in [4.78, 5) is 0. The number of rotatable bonds is 8. The van der Waals surface area contributed by atoms with Gasteiger partial charge in [-0.05, 0) is 30.7 Å². The summed E-state index contributed by atoms with van der Waals surface area (Å²) in [6.07, 6.45) is 5.03. The summed E-state index contributed by atoms with van der Waals surface area (Å²) in [6.45, 7) is 3.80. The molecule has 96 valence electrons. The third kappa shape index (κ3) is 5.20. The fourth-order valence-electron chi connectivity index (χ4n) is 1.87. The van der Waals surface area contributed by atoms with Gasteiger partial charge < -0.3 is 16.2 Å². The van der Waals surface area contributed by atoms with Crippen molar-refractivity contribution in [2.24, 2.45) is 5.73 Å². The topological polar surface area (TPSA) is 58.3 Å². The second-order valence-electron chi connectivity index (χ2n) is 4.39. The molecule has 0 saturated heterocycles. The van der Waals surface area contributed by atoms with E-state index < -0.39 is 0 Å². The van der Waals surface area contributed by atoms with Crippen LogP contribution in [0, 0.1) is 0 Å². The number of hydrogen-bond donors (Lipinski definition) is 3. The van der Waals surface area contributed by atoms with Crippen LogP contribution in [0.3, 0.4) is 0 Å². The molecule has 0 bridgehead atoms. The standard InChI is InChI=1S/C14H24N2O/c1-2-3-4-5-10-16-14(11-15)12-6-8-13(17)9-7-12/h6-9,14,16-17H,2-5,10-11,15H2,1H3. The molecule has 1 aromatic rings. The van der Waals surface area contributed by atoms with Crippen molar-refractivity contribution in [3.63, 3.8) is 0 Å². The average Bonchev–Trinajstić information content (AvgIpc) is 2.35. The summed E-state index contributed by atoms with van der Waals surface area (Å²) in [7, 11) is 0. The molecule has 0 aliphatic heterocycles. The Hall–Kier alpha value is -1.06. The minimum atomic E-state index is 0.192. The fraction of sp³-hybridized carbons (Fsp3) is 0.571. The molecule has 0 saturated carbocycles. The number of aromatic hydroxyl groups is 1. The number of benzene rings is 1. The van der Waals surface area contributed by atoms with Gasteiger partial charge in [-0.2, -0.15) is 0 Å². The predicted molar refractivity (Wildman–Crippen MR) is 72.0 cm³/mol. The lowest BCUT2D eigenvalue weighted by atomic mass is 10.1. The maximum Gasteiger partial charge on any atom is 0.115 e. The number of hydrogen-bond acceptors (Lipinski definition) is 3. The highest BCUT2D eigenvalue weighted by Crippen LogP contribution is 2.16. The van der Waals surface area contributed by atoms with Gasteiger partial charge in [-0.25, -0.2) is 0 Å². The van der Waals surface area contributed by atoms with Crippen molar-refractivity contribution in [3.05, 3.63) is 29.8 Å². The highest BCUT2D eigenvalue weighted by molar-refractivity contribution is 5.28. The quantitative estimate of drug-likeness (QED) is 0.608. The minimum absolute atomic E-state index is 0.192. The van der Waals surface area contributed by atoms with Gasteiger partial charge in [0.25, 0.3) is 0 Å². The number of nitrogens with two attached hydrogens (primary N) is 1. The number of phenolic OH excluding ortho intramolecular Hbond substituents is 1. The summed E-state index contributed by atoms with van der Waals surface area (Å²) >= 11 is 0. The lowest BCUT2D eigenvalue weighted by Gasteiger charge is -2.17. The normalized spacial score (nSPS) is 12.6. The Morgan fingerprint density at radius 2 is 1.88 bits per heavy atom. The maximum atomic E-state index is 9.23. The van der Waals surface area contributed by atoms with E-state index in [2.05, 4.69) is 12.2 Å². The second kappa shape index (κ2) is 8.09. The van der Waals surface area contributed by atoms with Crippen LogP contribution in [-0.2, 0) is 0 Å². The Bertz CT molecular complexity index is 298. The van der Waals surface area contributed by atoms with Crippen molar-refractivity contribution in [2.45, 2.75) is 38.6 Å². The largest absolute Gasteiger partial charge is 0.508 e. The van der Waals surface area contributed by atoms with E-state index in [1.54, 1.807) is 12.1 Å². The van der Waals surface area contributed by atoms with Crippen LogP contribution < -0.4 is 11.1 Å². The van der Waals surface area contributed by atoms with Gasteiger partial charge in [0.05, 0.1) is 0 Å². The molecule has 3 nitrogen and oxygen atoms in total. The van der Waals surface area contributed by atoms with Crippen molar-refractivity contribution in [1.29, 1.82) is 0 Å². The Morgan fingerprint density at radius 3 is 2.47 bits per heavy atom. The molecule has 0 fully saturated rings. The molecule has 0 radical (unpaired) electrons. The first-order valence-corrected chi connectivity index (χ1v) is 6.50. The highest BCUT2D eigenvalue weighted by atomic mass is 16.3. The van der Waals surface area contributed by atoms with Crippen molar-refractivity contribution in [3.8, 4) is 5.75 Å². The third-order valence-corrected chi connectivity index (χ3v) is 2.95. The van der Waals surface area contributed by atoms with Crippen molar-refractivity contribution in [1.82, 2.24) is 5.32 Å². The van der Waals surface area contributed by atoms with E-state index in [1.807, 2.05) is 12.1 Å². The van der Waals surface area contributed by atoms with E-state index in [0.717, 1.165) is 12.1 Å². The van der Waals surface area contributed by atoms with Crippen LogP contribution in [0.4, 0.5) is 0 Å². The molecule has 0 aromatic heterocycles. The second-order valence-corrected chi connectivity index (χ2v) is 4.39. The molecule has 17 heavy (non-hydrogen) atoms. The van der Waals surface area contributed by atoms with E-state index >= 15 is 0 Å². The molecular formula is C14H24N2O. The van der Waals surface area contributed by atoms with Crippen LogP contribution in [0.5, 0.6) is 5.75 Å². The first-order chi connectivity index (χ1) is 8.27. The van der Waals surface area contributed by atoms with E-state index in [4.69, 9.17) is 5.73 Å². The molecule has 0 amide bonds. The predicted octanol–water partition coefficient (Wildman–Crippen LogP) is 2.56. The van der Waals surface area contributed by atoms with E-state index in [1.165, 1.54) is 25.7 Å². The lowest BCUT2D eigenvalue weighted by molar-refractivity contribution is 0.473. The molecule has 1 rings (SSSR count). The molecule has 0 heterocycles. The van der Waals surface area contributed by atoms with Crippen LogP contribution in [0.1, 0.15) is 44.2 Å². The lowest BCUT2D eigenvalue weighted by Crippen LogP contribution is -2.28. The van der Waals surface area contributed by atoms with Gasteiger partial charge in [0.1, 0.15) is 5.75 Å². The summed E-state index contributed by atoms with van der Waals surface area (Å²) in [5, 5.41) is 12.7. The monoisotopic (exact) mass is 236 g/mol. The molecular weight excluding hydrogens is 212 g/mol. The van der Waals surface area contributed by atoms with Gasteiger partial charge in [0, 0.05) is 12.6 Å². The number of nitrogens with one attached hydrogen (secondary N) is 1. The van der Waals surface area contributed by atoms with E-state index in [0.29, 0.717) is 12.3 Å². The summed E-state index contributed by atoms with van der Waals surface area (Å²) < 4.78 is 0. The van der Waals surface area contributed by atoms with Crippen LogP contribution in [0.15, 0.2) is 24.3 Å². The van der Waals surface area contributed by atoms with Crippen molar-refractivity contribution in [2.75, 3.05) is 13.1 Å². The van der Waals surface area contributed by atoms with E-state index in [9.17, 15) is 5.11 Å². The molecule has 0 aliphatic carbocycles. The summed E-state index contributed by atoms with van der Waals surface area (Å²) in [6, 6.07) is 7.45. The molecule has 1 aromatic carbocycles. The van der Waals surface area contributed by atoms with Gasteiger partial charge in [-0.15, -0.1) is 0 Å². The van der Waals surface area contributed by atoms with Gasteiger partial charge >= 0.3 is 0 Å². The maximum absolute atomic E-state index is 9.23. The molecule has 0 spiro atoms. The van der Waals surface area contributed by atoms with Crippen LogP contribution in [0.25, 0.3) is 0 Å². The van der Waals surface area contributed by atoms with Gasteiger partial charge in [-0.3, -0.25) is 0 Å². The molecule has 1 unspecified atom stereocenters. The summed E-state index contributed by atoms with van der Waals surface area (Å²) in [5.74, 6) is 0.299. The number of unbranched alkanes of at least 4 members (excludes halogenated alkanes) is 3. The molecule has 3 heteroatoms. The number of phenols is 1. The minimum Gasteiger partial charge on any atom is -0.508 e. The van der Waals surface area contributed by atoms with Gasteiger partial charge in [0.2, 0.25) is 0 Å². The fourth-order valence-corrected chi connectivity index (χ4v) is 1.87. The first kappa shape index (κ1) is 14.0. The Kier molecular flexibility index (Phi) is 6.67. The Balaban J connectivity index is 2.35. The van der Waals surface area contributed by atoms with Crippen LogP contribution in [0.2, 0.25) is 0 Å². The molecule has 4 N–H and O–H groups in total. The zero-order valence-corrected chi connectivity index (χ0v) is 10.7. The zero-order chi connectivity index (χ0) is 12.5. The molecule has 0 aliphatic rings. The van der Waals surface area contributed by atoms with Gasteiger partial charge in [-0.1, -0.05) is 38.3 Å². The zero-order valence-electron chi connectivity index (χ0n) is 10.7. The SMILES string of the molecule is CCCCCCNC(CN)c1ccc(O)cc1. The van der Waals surface area contributed by atoms with Crippen molar-refractivity contribution < 1.29 is 5.11 Å². The van der Waals surface area contributed by atoms with Crippen LogP contribution >= 0.6 is 0 Å².